The second-order valence-corrected chi connectivity index (χ2v) is 8.90. The monoisotopic (exact) mass is 585 g/mol. The summed E-state index contributed by atoms with van der Waals surface area (Å²) in [6.07, 6.45) is 4.31. The Bertz CT molecular complexity index is 943. The zero-order valence-electron chi connectivity index (χ0n) is 17.6. The second-order valence-electron chi connectivity index (χ2n) is 6.73. The van der Waals surface area contributed by atoms with E-state index in [2.05, 4.69) is 55.0 Å². The topological polar surface area (TPSA) is 88.7 Å². The van der Waals surface area contributed by atoms with Gasteiger partial charge in [0.05, 0.1) is 16.6 Å². The SMILES string of the molecule is CCCCCCOc1ccccc1C(=O)NC(=S)NNC(=O)COc1ccc(Br)cc1Br. The molecule has 2 aromatic carbocycles. The van der Waals surface area contributed by atoms with Crippen LogP contribution in [0.5, 0.6) is 11.5 Å². The van der Waals surface area contributed by atoms with E-state index in [1.165, 1.54) is 0 Å². The Hall–Kier alpha value is -2.17. The maximum atomic E-state index is 12.6. The molecule has 7 nitrogen and oxygen atoms in total. The fourth-order valence-electron chi connectivity index (χ4n) is 2.59. The molecule has 2 amide bonds. The van der Waals surface area contributed by atoms with Gasteiger partial charge >= 0.3 is 0 Å². The van der Waals surface area contributed by atoms with Gasteiger partial charge in [-0.05, 0) is 64.9 Å². The minimum Gasteiger partial charge on any atom is -0.493 e. The van der Waals surface area contributed by atoms with Crippen molar-refractivity contribution in [3.8, 4) is 11.5 Å². The van der Waals surface area contributed by atoms with Crippen molar-refractivity contribution in [1.29, 1.82) is 0 Å². The lowest BCUT2D eigenvalue weighted by atomic mass is 10.2. The number of ether oxygens (including phenoxy) is 2. The molecule has 0 saturated carbocycles. The molecule has 0 atom stereocenters. The summed E-state index contributed by atoms with van der Waals surface area (Å²) in [4.78, 5) is 24.6. The molecule has 0 aliphatic carbocycles. The normalized spacial score (nSPS) is 10.2. The van der Waals surface area contributed by atoms with Crippen LogP contribution in [0.4, 0.5) is 0 Å². The van der Waals surface area contributed by atoms with Gasteiger partial charge in [0, 0.05) is 4.47 Å². The van der Waals surface area contributed by atoms with Crippen LogP contribution in [0.15, 0.2) is 51.4 Å². The highest BCUT2D eigenvalue weighted by Crippen LogP contribution is 2.28. The Morgan fingerprint density at radius 1 is 0.969 bits per heavy atom. The van der Waals surface area contributed by atoms with Crippen molar-refractivity contribution < 1.29 is 19.1 Å². The van der Waals surface area contributed by atoms with Crippen LogP contribution in [0, 0.1) is 0 Å². The molecular weight excluding hydrogens is 562 g/mol. The molecule has 0 saturated heterocycles. The molecular formula is C22H25Br2N3O4S. The number of nitrogens with one attached hydrogen (secondary N) is 3. The number of hydrazine groups is 1. The Morgan fingerprint density at radius 3 is 2.50 bits per heavy atom. The van der Waals surface area contributed by atoms with E-state index in [9.17, 15) is 9.59 Å². The Labute approximate surface area is 209 Å². The number of rotatable bonds is 10. The lowest BCUT2D eigenvalue weighted by molar-refractivity contribution is -0.123. The van der Waals surface area contributed by atoms with Crippen molar-refractivity contribution in [2.24, 2.45) is 0 Å². The second kappa shape index (κ2) is 14.1. The third kappa shape index (κ3) is 9.13. The predicted molar refractivity (Wildman–Crippen MR) is 135 cm³/mol. The summed E-state index contributed by atoms with van der Waals surface area (Å²) in [5.41, 5.74) is 5.23. The highest BCUT2D eigenvalue weighted by atomic mass is 79.9. The molecule has 0 aromatic heterocycles. The lowest BCUT2D eigenvalue weighted by Crippen LogP contribution is -2.49. The summed E-state index contributed by atoms with van der Waals surface area (Å²) in [6, 6.07) is 12.3. The van der Waals surface area contributed by atoms with Crippen LogP contribution in [0.1, 0.15) is 43.0 Å². The van der Waals surface area contributed by atoms with E-state index in [1.807, 2.05) is 6.07 Å². The van der Waals surface area contributed by atoms with Gasteiger partial charge in [-0.25, -0.2) is 0 Å². The van der Waals surface area contributed by atoms with E-state index in [0.717, 1.165) is 30.2 Å². The summed E-state index contributed by atoms with van der Waals surface area (Å²) in [7, 11) is 0. The fraction of sp³-hybridized carbons (Fsp3) is 0.318. The van der Waals surface area contributed by atoms with Crippen LogP contribution >= 0.6 is 44.1 Å². The van der Waals surface area contributed by atoms with Gasteiger partial charge in [-0.2, -0.15) is 0 Å². The van der Waals surface area contributed by atoms with Gasteiger partial charge in [-0.3, -0.25) is 25.8 Å². The molecule has 0 heterocycles. The van der Waals surface area contributed by atoms with Crippen molar-refractivity contribution in [3.63, 3.8) is 0 Å². The summed E-state index contributed by atoms with van der Waals surface area (Å²) < 4.78 is 12.8. The zero-order chi connectivity index (χ0) is 23.3. The molecule has 0 bridgehead atoms. The van der Waals surface area contributed by atoms with Gasteiger partial charge in [0.1, 0.15) is 11.5 Å². The molecule has 0 unspecified atom stereocenters. The van der Waals surface area contributed by atoms with Gasteiger partial charge < -0.3 is 9.47 Å². The Balaban J connectivity index is 1.77. The smallest absolute Gasteiger partial charge is 0.276 e. The first-order valence-corrected chi connectivity index (χ1v) is 12.1. The molecule has 2 rings (SSSR count). The molecule has 172 valence electrons. The predicted octanol–water partition coefficient (Wildman–Crippen LogP) is 4.89. The van der Waals surface area contributed by atoms with E-state index < -0.39 is 11.8 Å². The third-order valence-corrected chi connectivity index (χ3v) is 5.50. The molecule has 0 radical (unpaired) electrons. The third-order valence-electron chi connectivity index (χ3n) is 4.18. The minimum absolute atomic E-state index is 0.0501. The van der Waals surface area contributed by atoms with Gasteiger partial charge in [0.15, 0.2) is 11.7 Å². The van der Waals surface area contributed by atoms with Gasteiger partial charge in [-0.1, -0.05) is 54.2 Å². The number of hydrogen-bond acceptors (Lipinski definition) is 5. The maximum absolute atomic E-state index is 12.6. The number of halogens is 2. The number of amides is 2. The molecule has 0 aliphatic rings. The van der Waals surface area contributed by atoms with Gasteiger partial charge in [0.25, 0.3) is 11.8 Å². The zero-order valence-corrected chi connectivity index (χ0v) is 21.6. The van der Waals surface area contributed by atoms with Crippen molar-refractivity contribution in [2.45, 2.75) is 32.6 Å². The van der Waals surface area contributed by atoms with Crippen LogP contribution < -0.4 is 25.6 Å². The van der Waals surface area contributed by atoms with Gasteiger partial charge in [-0.15, -0.1) is 0 Å². The summed E-state index contributed by atoms with van der Waals surface area (Å²) >= 11 is 11.8. The van der Waals surface area contributed by atoms with Gasteiger partial charge in [0.2, 0.25) is 0 Å². The first-order chi connectivity index (χ1) is 15.4. The first kappa shape index (κ1) is 26.1. The first-order valence-electron chi connectivity index (χ1n) is 10.1. The lowest BCUT2D eigenvalue weighted by Gasteiger charge is -2.14. The van der Waals surface area contributed by atoms with E-state index in [1.54, 1.807) is 36.4 Å². The number of thiocarbonyl (C=S) groups is 1. The quantitative estimate of drug-likeness (QED) is 0.209. The molecule has 0 spiro atoms. The molecule has 32 heavy (non-hydrogen) atoms. The highest BCUT2D eigenvalue weighted by molar-refractivity contribution is 9.11. The number of benzene rings is 2. The Kier molecular flexibility index (Phi) is 11.5. The van der Waals surface area contributed by atoms with Crippen molar-refractivity contribution in [2.75, 3.05) is 13.2 Å². The van der Waals surface area contributed by atoms with E-state index in [0.29, 0.717) is 28.1 Å². The fourth-order valence-corrected chi connectivity index (χ4v) is 3.90. The summed E-state index contributed by atoms with van der Waals surface area (Å²) in [5.74, 6) is 0.107. The average molecular weight is 587 g/mol. The minimum atomic E-state index is -0.466. The molecule has 0 fully saturated rings. The van der Waals surface area contributed by atoms with Crippen LogP contribution in [0.3, 0.4) is 0 Å². The Morgan fingerprint density at radius 2 is 1.75 bits per heavy atom. The number of unbranched alkanes of at least 4 members (excludes halogenated alkanes) is 3. The number of hydrogen-bond donors (Lipinski definition) is 3. The van der Waals surface area contributed by atoms with Crippen LogP contribution in [0.25, 0.3) is 0 Å². The van der Waals surface area contributed by atoms with Crippen LogP contribution in [-0.2, 0) is 4.79 Å². The highest BCUT2D eigenvalue weighted by Gasteiger charge is 2.14. The van der Waals surface area contributed by atoms with E-state index in [-0.39, 0.29) is 11.7 Å². The average Bonchev–Trinajstić information content (AvgIpc) is 2.77. The maximum Gasteiger partial charge on any atom is 0.276 e. The largest absolute Gasteiger partial charge is 0.493 e. The van der Waals surface area contributed by atoms with Crippen LogP contribution in [-0.4, -0.2) is 30.1 Å². The number of para-hydroxylation sites is 1. The molecule has 3 N–H and O–H groups in total. The van der Waals surface area contributed by atoms with Crippen LogP contribution in [0.2, 0.25) is 0 Å². The molecule has 10 heteroatoms. The summed E-state index contributed by atoms with van der Waals surface area (Å²) in [6.45, 7) is 2.45. The summed E-state index contributed by atoms with van der Waals surface area (Å²) in [5, 5.41) is 2.47. The van der Waals surface area contributed by atoms with Crippen molar-refractivity contribution in [3.05, 3.63) is 57.0 Å². The standard InChI is InChI=1S/C22H25Br2N3O4S/c1-2-3-4-7-12-30-18-9-6-5-8-16(18)21(29)25-22(32)27-26-20(28)14-31-19-11-10-15(23)13-17(19)24/h5-6,8-11,13H,2-4,7,12,14H2,1H3,(H,26,28)(H2,25,27,29,32). The molecule has 2 aromatic rings. The van der Waals surface area contributed by atoms with E-state index in [4.69, 9.17) is 21.7 Å². The number of carbonyl (C=O) groups is 2. The van der Waals surface area contributed by atoms with Crippen molar-refractivity contribution in [1.82, 2.24) is 16.2 Å². The van der Waals surface area contributed by atoms with E-state index >= 15 is 0 Å². The number of carbonyl (C=O) groups excluding carboxylic acids is 2. The van der Waals surface area contributed by atoms with Crippen molar-refractivity contribution >= 4 is 61.0 Å². The molecule has 0 aliphatic heterocycles.